The molecule has 0 fully saturated rings. The molecule has 0 aliphatic heterocycles. The second-order valence-electron chi connectivity index (χ2n) is 6.06. The molecule has 3 aromatic rings. The van der Waals surface area contributed by atoms with Gasteiger partial charge < -0.3 is 10.2 Å². The van der Waals surface area contributed by atoms with Crippen molar-refractivity contribution in [1.29, 1.82) is 0 Å². The normalized spacial score (nSPS) is 10.5. The van der Waals surface area contributed by atoms with Crippen molar-refractivity contribution in [3.63, 3.8) is 0 Å². The Morgan fingerprint density at radius 1 is 1.16 bits per heavy atom. The highest BCUT2D eigenvalue weighted by Gasteiger charge is 2.11. The van der Waals surface area contributed by atoms with Gasteiger partial charge in [0, 0.05) is 32.4 Å². The molecule has 1 N–H and O–H groups in total. The molecule has 0 bridgehead atoms. The standard InChI is InChI=1S/C19H22N4O.ClH/c1-20-10-14-8-9-17(18-7-5-4-6-16(14)18)15-11-21-23(12-15)13-19(24)22(2)3;/h4-9,11-12,20H,10,13H2,1-3H3;1H. The van der Waals surface area contributed by atoms with Crippen molar-refractivity contribution in [1.82, 2.24) is 20.0 Å². The zero-order chi connectivity index (χ0) is 17.1. The van der Waals surface area contributed by atoms with Gasteiger partial charge in [0.05, 0.1) is 6.20 Å². The van der Waals surface area contributed by atoms with E-state index in [0.717, 1.165) is 17.7 Å². The predicted octanol–water partition coefficient (Wildman–Crippen LogP) is 2.93. The molecule has 3 rings (SSSR count). The number of hydrogen-bond donors (Lipinski definition) is 1. The molecule has 0 radical (unpaired) electrons. The van der Waals surface area contributed by atoms with Crippen LogP contribution in [0, 0.1) is 0 Å². The Labute approximate surface area is 154 Å². The van der Waals surface area contributed by atoms with Crippen LogP contribution in [0.25, 0.3) is 21.9 Å². The van der Waals surface area contributed by atoms with Gasteiger partial charge in [-0.2, -0.15) is 5.10 Å². The summed E-state index contributed by atoms with van der Waals surface area (Å²) in [6.07, 6.45) is 3.75. The monoisotopic (exact) mass is 358 g/mol. The first kappa shape index (κ1) is 19.0. The Balaban J connectivity index is 0.00000225. The van der Waals surface area contributed by atoms with E-state index in [0.29, 0.717) is 0 Å². The van der Waals surface area contributed by atoms with Crippen molar-refractivity contribution in [2.24, 2.45) is 0 Å². The lowest BCUT2D eigenvalue weighted by Gasteiger charge is -2.10. The number of aromatic nitrogens is 2. The molecule has 1 heterocycles. The average Bonchev–Trinajstić information content (AvgIpc) is 3.03. The van der Waals surface area contributed by atoms with Crippen LogP contribution in [0.3, 0.4) is 0 Å². The van der Waals surface area contributed by atoms with Gasteiger partial charge in [0.1, 0.15) is 6.54 Å². The van der Waals surface area contributed by atoms with Gasteiger partial charge in [-0.15, -0.1) is 12.4 Å². The molecule has 0 spiro atoms. The molecular weight excluding hydrogens is 336 g/mol. The Morgan fingerprint density at radius 3 is 2.56 bits per heavy atom. The lowest BCUT2D eigenvalue weighted by Crippen LogP contribution is -2.26. The zero-order valence-electron chi connectivity index (χ0n) is 14.7. The highest BCUT2D eigenvalue weighted by atomic mass is 35.5. The Hall–Kier alpha value is -2.37. The Bertz CT molecular complexity index is 873. The number of halogens is 1. The topological polar surface area (TPSA) is 50.2 Å². The number of benzene rings is 2. The Kier molecular flexibility index (Phi) is 6.17. The van der Waals surface area contributed by atoms with Gasteiger partial charge in [-0.05, 0) is 28.9 Å². The van der Waals surface area contributed by atoms with E-state index in [1.165, 1.54) is 16.3 Å². The SMILES string of the molecule is CNCc1ccc(-c2cnn(CC(=O)N(C)C)c2)c2ccccc12.Cl. The predicted molar refractivity (Wildman–Crippen MR) is 104 cm³/mol. The lowest BCUT2D eigenvalue weighted by molar-refractivity contribution is -0.129. The van der Waals surface area contributed by atoms with Crippen LogP contribution < -0.4 is 5.32 Å². The van der Waals surface area contributed by atoms with Gasteiger partial charge in [-0.25, -0.2) is 0 Å². The largest absolute Gasteiger partial charge is 0.347 e. The summed E-state index contributed by atoms with van der Waals surface area (Å²) in [5.74, 6) is 0.0267. The van der Waals surface area contributed by atoms with E-state index in [4.69, 9.17) is 0 Å². The molecule has 0 saturated carbocycles. The summed E-state index contributed by atoms with van der Waals surface area (Å²) < 4.78 is 1.69. The van der Waals surface area contributed by atoms with Crippen LogP contribution in [0.2, 0.25) is 0 Å². The van der Waals surface area contributed by atoms with Crippen LogP contribution in [0.15, 0.2) is 48.8 Å². The minimum absolute atomic E-state index is 0. The maximum absolute atomic E-state index is 11.8. The maximum atomic E-state index is 11.8. The third-order valence-corrected chi connectivity index (χ3v) is 4.12. The number of amides is 1. The average molecular weight is 359 g/mol. The first-order valence-electron chi connectivity index (χ1n) is 7.98. The quantitative estimate of drug-likeness (QED) is 0.763. The van der Waals surface area contributed by atoms with Crippen molar-refractivity contribution in [2.75, 3.05) is 21.1 Å². The van der Waals surface area contributed by atoms with Crippen molar-refractivity contribution in [2.45, 2.75) is 13.1 Å². The summed E-state index contributed by atoms with van der Waals surface area (Å²) in [5, 5.41) is 9.99. The minimum atomic E-state index is 0. The summed E-state index contributed by atoms with van der Waals surface area (Å²) in [6, 6.07) is 12.7. The van der Waals surface area contributed by atoms with Gasteiger partial charge >= 0.3 is 0 Å². The number of nitrogens with zero attached hydrogens (tertiary/aromatic N) is 3. The third kappa shape index (κ3) is 4.00. The zero-order valence-corrected chi connectivity index (χ0v) is 15.5. The van der Waals surface area contributed by atoms with Gasteiger partial charge in [0.25, 0.3) is 0 Å². The molecule has 25 heavy (non-hydrogen) atoms. The molecule has 1 aromatic heterocycles. The van der Waals surface area contributed by atoms with E-state index >= 15 is 0 Å². The molecule has 5 nitrogen and oxygen atoms in total. The van der Waals surface area contributed by atoms with Gasteiger partial charge in [0.15, 0.2) is 0 Å². The fourth-order valence-electron chi connectivity index (χ4n) is 2.83. The number of fused-ring (bicyclic) bond motifs is 1. The van der Waals surface area contributed by atoms with Crippen molar-refractivity contribution in [3.05, 3.63) is 54.4 Å². The van der Waals surface area contributed by atoms with Crippen LogP contribution >= 0.6 is 12.4 Å². The van der Waals surface area contributed by atoms with Crippen LogP contribution in [-0.4, -0.2) is 41.7 Å². The van der Waals surface area contributed by atoms with E-state index in [2.05, 4.69) is 46.8 Å². The number of nitrogens with one attached hydrogen (secondary N) is 1. The van der Waals surface area contributed by atoms with E-state index in [1.807, 2.05) is 19.4 Å². The molecule has 0 unspecified atom stereocenters. The van der Waals surface area contributed by atoms with Crippen molar-refractivity contribution < 1.29 is 4.79 Å². The fourth-order valence-corrected chi connectivity index (χ4v) is 2.83. The number of rotatable bonds is 5. The molecule has 1 amide bonds. The van der Waals surface area contributed by atoms with E-state index < -0.39 is 0 Å². The van der Waals surface area contributed by atoms with Gasteiger partial charge in [-0.3, -0.25) is 9.48 Å². The molecule has 132 valence electrons. The summed E-state index contributed by atoms with van der Waals surface area (Å²) >= 11 is 0. The van der Waals surface area contributed by atoms with Gasteiger partial charge in [-0.1, -0.05) is 36.4 Å². The van der Waals surface area contributed by atoms with E-state index in [-0.39, 0.29) is 24.9 Å². The number of hydrogen-bond acceptors (Lipinski definition) is 3. The minimum Gasteiger partial charge on any atom is -0.347 e. The lowest BCUT2D eigenvalue weighted by atomic mass is 9.96. The van der Waals surface area contributed by atoms with E-state index in [9.17, 15) is 4.79 Å². The van der Waals surface area contributed by atoms with E-state index in [1.54, 1.807) is 23.7 Å². The smallest absolute Gasteiger partial charge is 0.243 e. The third-order valence-electron chi connectivity index (χ3n) is 4.12. The number of likely N-dealkylation sites (N-methyl/N-ethyl adjacent to an activating group) is 1. The second-order valence-corrected chi connectivity index (χ2v) is 6.06. The summed E-state index contributed by atoms with van der Waals surface area (Å²) in [4.78, 5) is 13.4. The van der Waals surface area contributed by atoms with Gasteiger partial charge in [0.2, 0.25) is 5.91 Å². The molecule has 6 heteroatoms. The summed E-state index contributed by atoms with van der Waals surface area (Å²) in [6.45, 7) is 1.08. The van der Waals surface area contributed by atoms with Crippen molar-refractivity contribution in [3.8, 4) is 11.1 Å². The molecular formula is C19H23ClN4O. The highest BCUT2D eigenvalue weighted by Crippen LogP contribution is 2.30. The first-order chi connectivity index (χ1) is 11.6. The van der Waals surface area contributed by atoms with Crippen molar-refractivity contribution >= 4 is 29.1 Å². The molecule has 0 aliphatic carbocycles. The van der Waals surface area contributed by atoms with Crippen LogP contribution in [0.1, 0.15) is 5.56 Å². The molecule has 0 aliphatic rings. The number of carbonyl (C=O) groups excluding carboxylic acids is 1. The fraction of sp³-hybridized carbons (Fsp3) is 0.263. The van der Waals surface area contributed by atoms with Crippen LogP contribution in [-0.2, 0) is 17.9 Å². The summed E-state index contributed by atoms with van der Waals surface area (Å²) in [5.41, 5.74) is 3.43. The molecule has 0 atom stereocenters. The Morgan fingerprint density at radius 2 is 1.88 bits per heavy atom. The van der Waals surface area contributed by atoms with Crippen LogP contribution in [0.5, 0.6) is 0 Å². The maximum Gasteiger partial charge on any atom is 0.243 e. The van der Waals surface area contributed by atoms with Crippen LogP contribution in [0.4, 0.5) is 0 Å². The molecule has 0 saturated heterocycles. The first-order valence-corrected chi connectivity index (χ1v) is 7.98. The molecule has 2 aromatic carbocycles. The second kappa shape index (κ2) is 8.14. The highest BCUT2D eigenvalue weighted by molar-refractivity contribution is 5.98. The number of carbonyl (C=O) groups is 1. The summed E-state index contributed by atoms with van der Waals surface area (Å²) in [7, 11) is 5.45.